The van der Waals surface area contributed by atoms with Gasteiger partial charge >= 0.3 is 0 Å². The highest BCUT2D eigenvalue weighted by molar-refractivity contribution is 6.33. The second-order valence-corrected chi connectivity index (χ2v) is 7.00. The number of fused-ring (bicyclic) bond motifs is 1. The normalized spacial score (nSPS) is 12.5. The van der Waals surface area contributed by atoms with Crippen LogP contribution in [0.1, 0.15) is 30.9 Å². The van der Waals surface area contributed by atoms with Gasteiger partial charge in [-0.1, -0.05) is 11.6 Å². The summed E-state index contributed by atoms with van der Waals surface area (Å²) in [7, 11) is 0. The lowest BCUT2D eigenvalue weighted by Gasteiger charge is -2.20. The number of nitrogens with one attached hydrogen (secondary N) is 2. The number of H-pyrrole nitrogens is 1. The fourth-order valence-electron chi connectivity index (χ4n) is 3.13. The van der Waals surface area contributed by atoms with Gasteiger partial charge in [0.15, 0.2) is 11.6 Å². The molecule has 32 heavy (non-hydrogen) atoms. The molecule has 1 aromatic carbocycles. The molecule has 0 radical (unpaired) electrons. The van der Waals surface area contributed by atoms with Crippen LogP contribution in [0.25, 0.3) is 16.7 Å². The lowest BCUT2D eigenvalue weighted by atomic mass is 10.2. The van der Waals surface area contributed by atoms with Gasteiger partial charge in [-0.3, -0.25) is 9.89 Å². The molecule has 9 nitrogen and oxygen atoms in total. The van der Waals surface area contributed by atoms with Crippen molar-refractivity contribution in [2.75, 3.05) is 11.1 Å². The van der Waals surface area contributed by atoms with E-state index in [0.29, 0.717) is 6.07 Å². The molecule has 0 fully saturated rings. The minimum atomic E-state index is -3.02. The van der Waals surface area contributed by atoms with Crippen molar-refractivity contribution in [3.05, 3.63) is 62.9 Å². The third-order valence-corrected chi connectivity index (χ3v) is 4.84. The molecule has 4 N–H and O–H groups in total. The fraction of sp³-hybridized carbons (Fsp3) is 0.167. The minimum Gasteiger partial charge on any atom is -0.368 e. The maximum absolute atomic E-state index is 14.4. The molecule has 3 heterocycles. The van der Waals surface area contributed by atoms with Crippen molar-refractivity contribution in [2.24, 2.45) is 0 Å². The Balaban J connectivity index is 1.91. The topological polar surface area (TPSA) is 127 Å². The van der Waals surface area contributed by atoms with E-state index in [1.165, 1.54) is 19.2 Å². The molecule has 166 valence electrons. The zero-order chi connectivity index (χ0) is 23.2. The molecule has 0 spiro atoms. The molecule has 1 unspecified atom stereocenters. The predicted octanol–water partition coefficient (Wildman–Crippen LogP) is 3.52. The van der Waals surface area contributed by atoms with Gasteiger partial charge in [-0.15, -0.1) is 0 Å². The van der Waals surface area contributed by atoms with Crippen LogP contribution in [0.4, 0.5) is 29.3 Å². The van der Waals surface area contributed by atoms with Gasteiger partial charge in [-0.25, -0.2) is 32.1 Å². The molecule has 4 aromatic rings. The van der Waals surface area contributed by atoms with E-state index in [-0.39, 0.29) is 23.0 Å². The second-order valence-electron chi connectivity index (χ2n) is 6.62. The van der Waals surface area contributed by atoms with Gasteiger partial charge in [0.25, 0.3) is 12.0 Å². The Labute approximate surface area is 181 Å². The van der Waals surface area contributed by atoms with Crippen LogP contribution in [0.15, 0.2) is 29.2 Å². The Bertz CT molecular complexity index is 1380. The number of alkyl halides is 2. The number of hydrogen-bond donors (Lipinski definition) is 3. The molecule has 0 aliphatic carbocycles. The number of hydrogen-bond acceptors (Lipinski definition) is 7. The second kappa shape index (κ2) is 8.07. The molecule has 0 amide bonds. The van der Waals surface area contributed by atoms with Crippen LogP contribution in [0.3, 0.4) is 0 Å². The SMILES string of the molecule is CC(Nc1nc(N)nc(C(F)F)c1Cl)c1nc2cc(F)cc(F)c2c(=O)n1-c1cc[nH]n1. The Kier molecular flexibility index (Phi) is 5.42. The quantitative estimate of drug-likeness (QED) is 0.382. The van der Waals surface area contributed by atoms with Gasteiger partial charge in [0.1, 0.15) is 33.6 Å². The van der Waals surface area contributed by atoms with Crippen molar-refractivity contribution >= 4 is 34.3 Å². The van der Waals surface area contributed by atoms with Crippen LogP contribution < -0.4 is 16.6 Å². The highest BCUT2D eigenvalue weighted by Gasteiger charge is 2.25. The van der Waals surface area contributed by atoms with E-state index in [4.69, 9.17) is 17.3 Å². The van der Waals surface area contributed by atoms with Gasteiger partial charge in [-0.2, -0.15) is 10.1 Å². The van der Waals surface area contributed by atoms with Gasteiger partial charge in [0.05, 0.1) is 11.6 Å². The number of rotatable bonds is 5. The first-order chi connectivity index (χ1) is 15.2. The molecule has 4 rings (SSSR count). The number of nitrogens with zero attached hydrogens (tertiary/aromatic N) is 5. The molecular weight excluding hydrogens is 456 g/mol. The van der Waals surface area contributed by atoms with E-state index in [2.05, 4.69) is 30.5 Å². The molecule has 3 aromatic heterocycles. The number of benzene rings is 1. The number of nitrogens with two attached hydrogens (primary N) is 1. The Morgan fingerprint density at radius 3 is 2.62 bits per heavy atom. The summed E-state index contributed by atoms with van der Waals surface area (Å²) in [5.74, 6) is -2.71. The molecule has 0 bridgehead atoms. The Morgan fingerprint density at radius 2 is 1.97 bits per heavy atom. The number of anilines is 2. The minimum absolute atomic E-state index is 0.0496. The predicted molar refractivity (Wildman–Crippen MR) is 108 cm³/mol. The first kappa shape index (κ1) is 21.5. The molecule has 0 aliphatic heterocycles. The zero-order valence-corrected chi connectivity index (χ0v) is 16.8. The third kappa shape index (κ3) is 3.70. The van der Waals surface area contributed by atoms with E-state index >= 15 is 0 Å². The lowest BCUT2D eigenvalue weighted by Crippen LogP contribution is -2.28. The zero-order valence-electron chi connectivity index (χ0n) is 16.1. The Morgan fingerprint density at radius 1 is 1.22 bits per heavy atom. The van der Waals surface area contributed by atoms with Gasteiger partial charge in [0, 0.05) is 24.4 Å². The van der Waals surface area contributed by atoms with Crippen LogP contribution in [0, 0.1) is 11.6 Å². The molecule has 0 saturated carbocycles. The maximum atomic E-state index is 14.4. The number of aromatic nitrogens is 6. The largest absolute Gasteiger partial charge is 0.368 e. The van der Waals surface area contributed by atoms with E-state index in [0.717, 1.165) is 10.6 Å². The summed E-state index contributed by atoms with van der Waals surface area (Å²) in [5.41, 5.74) is 3.61. The van der Waals surface area contributed by atoms with Crippen LogP contribution in [0.2, 0.25) is 5.02 Å². The summed E-state index contributed by atoms with van der Waals surface area (Å²) in [6, 6.07) is 1.95. The molecule has 1 atom stereocenters. The Hall–Kier alpha value is -3.74. The van der Waals surface area contributed by atoms with Crippen molar-refractivity contribution in [3.8, 4) is 5.82 Å². The van der Waals surface area contributed by atoms with Gasteiger partial charge in [0.2, 0.25) is 5.95 Å². The van der Waals surface area contributed by atoms with Gasteiger partial charge < -0.3 is 11.1 Å². The number of aromatic amines is 1. The van der Waals surface area contributed by atoms with Crippen molar-refractivity contribution in [1.82, 2.24) is 29.7 Å². The first-order valence-electron chi connectivity index (χ1n) is 8.96. The summed E-state index contributed by atoms with van der Waals surface area (Å²) in [6.45, 7) is 1.50. The van der Waals surface area contributed by atoms with E-state index in [9.17, 15) is 22.4 Å². The molecule has 0 saturated heterocycles. The first-order valence-corrected chi connectivity index (χ1v) is 9.34. The van der Waals surface area contributed by atoms with Crippen molar-refractivity contribution in [2.45, 2.75) is 19.4 Å². The fourth-order valence-corrected chi connectivity index (χ4v) is 3.35. The van der Waals surface area contributed by atoms with E-state index in [1.807, 2.05) is 0 Å². The molecule has 14 heteroatoms. The van der Waals surface area contributed by atoms with Crippen LogP contribution in [-0.2, 0) is 0 Å². The average molecular weight is 469 g/mol. The summed E-state index contributed by atoms with van der Waals surface area (Å²) in [4.78, 5) is 24.6. The van der Waals surface area contributed by atoms with Crippen LogP contribution >= 0.6 is 11.6 Å². The molecular formula is C18H13ClF4N8O. The summed E-state index contributed by atoms with van der Waals surface area (Å²) in [5, 5.41) is 8.26. The van der Waals surface area contributed by atoms with Crippen molar-refractivity contribution in [1.29, 1.82) is 0 Å². The standard InChI is InChI=1S/C18H13ClF4N8O/c1-6(26-15-12(19)13(14(22)23)28-18(24)29-15)16-27-9-5-7(20)4-8(21)11(9)17(32)31(16)10-2-3-25-30-10/h2-6,14H,1H3,(H,25,30)(H3,24,26,28,29). The van der Waals surface area contributed by atoms with E-state index in [1.54, 1.807) is 0 Å². The number of halogens is 5. The van der Waals surface area contributed by atoms with Crippen molar-refractivity contribution in [3.63, 3.8) is 0 Å². The highest BCUT2D eigenvalue weighted by Crippen LogP contribution is 2.32. The highest BCUT2D eigenvalue weighted by atomic mass is 35.5. The van der Waals surface area contributed by atoms with E-state index < -0.39 is 51.7 Å². The summed E-state index contributed by atoms with van der Waals surface area (Å²) >= 11 is 5.99. The van der Waals surface area contributed by atoms with Crippen LogP contribution in [0.5, 0.6) is 0 Å². The van der Waals surface area contributed by atoms with Crippen molar-refractivity contribution < 1.29 is 17.6 Å². The lowest BCUT2D eigenvalue weighted by molar-refractivity contribution is 0.146. The molecule has 0 aliphatic rings. The van der Waals surface area contributed by atoms with Gasteiger partial charge in [-0.05, 0) is 6.92 Å². The average Bonchev–Trinajstić information content (AvgIpc) is 3.23. The maximum Gasteiger partial charge on any atom is 0.282 e. The third-order valence-electron chi connectivity index (χ3n) is 4.47. The summed E-state index contributed by atoms with van der Waals surface area (Å²) in [6.07, 6.45) is -1.60. The number of nitrogen functional groups attached to an aromatic ring is 1. The smallest absolute Gasteiger partial charge is 0.282 e. The van der Waals surface area contributed by atoms with Crippen LogP contribution in [-0.4, -0.2) is 29.7 Å². The summed E-state index contributed by atoms with van der Waals surface area (Å²) < 4.78 is 55.5. The monoisotopic (exact) mass is 468 g/mol.